The maximum atomic E-state index is 6.15. The Morgan fingerprint density at radius 3 is 2.48 bits per heavy atom. The fraction of sp³-hybridized carbons (Fsp3) is 0.645. The number of imidazole rings is 1. The second kappa shape index (κ2) is 13.3. The van der Waals surface area contributed by atoms with Crippen molar-refractivity contribution in [1.29, 1.82) is 0 Å². The Hall–Kier alpha value is -2.75. The lowest BCUT2D eigenvalue weighted by Gasteiger charge is -2.32. The Morgan fingerprint density at radius 1 is 0.925 bits per heavy atom. The summed E-state index contributed by atoms with van der Waals surface area (Å²) in [6, 6.07) is 11.6. The average molecular weight is 547 g/mol. The Balaban J connectivity index is 1.05. The number of hydrogen-bond acceptors (Lipinski definition) is 8. The van der Waals surface area contributed by atoms with Crippen LogP contribution in [0.4, 0.5) is 11.8 Å². The molecular weight excluding hydrogens is 500 g/mol. The Morgan fingerprint density at radius 2 is 1.70 bits per heavy atom. The van der Waals surface area contributed by atoms with Gasteiger partial charge >= 0.3 is 0 Å². The zero-order valence-corrected chi connectivity index (χ0v) is 23.8. The minimum Gasteiger partial charge on any atom is -0.377 e. The molecule has 6 rings (SSSR count). The summed E-state index contributed by atoms with van der Waals surface area (Å²) in [5.74, 6) is 2.28. The topological polar surface area (TPSA) is 106 Å². The number of benzene rings is 1. The lowest BCUT2D eigenvalue weighted by molar-refractivity contribution is 0.109. The lowest BCUT2D eigenvalue weighted by atomic mass is 9.92. The maximum absolute atomic E-state index is 6.15. The van der Waals surface area contributed by atoms with E-state index < -0.39 is 0 Å². The zero-order chi connectivity index (χ0) is 27.1. The first-order valence-electron chi connectivity index (χ1n) is 15.6. The highest BCUT2D eigenvalue weighted by atomic mass is 16.5. The van der Waals surface area contributed by atoms with Crippen LogP contribution < -0.4 is 16.5 Å². The van der Waals surface area contributed by atoms with Crippen LogP contribution in [0.25, 0.3) is 11.2 Å². The first-order valence-corrected chi connectivity index (χ1v) is 15.6. The van der Waals surface area contributed by atoms with Gasteiger partial charge in [-0.3, -0.25) is 0 Å². The summed E-state index contributed by atoms with van der Waals surface area (Å²) in [4.78, 5) is 14.8. The standard InChI is InChI=1S/C31H46N8O/c32-25-12-14-26(15-13-25)34-31-35-29(28-30(36-31)39(22-33-28)27-10-4-5-11-27)37-38-18-16-23(17-19-38)9-6-20-40-21-24-7-2-1-3-8-24/h1-3,7-8,22-23,25-27H,4-6,9-21,32H2,(H2,34,35,36,37)/t25-,26-. The molecule has 2 aromatic heterocycles. The summed E-state index contributed by atoms with van der Waals surface area (Å²) in [5.41, 5.74) is 12.9. The van der Waals surface area contributed by atoms with Gasteiger partial charge in [-0.1, -0.05) is 43.2 Å². The number of hydrogen-bond donors (Lipinski definition) is 3. The van der Waals surface area contributed by atoms with E-state index in [9.17, 15) is 0 Å². The summed E-state index contributed by atoms with van der Waals surface area (Å²) in [6.45, 7) is 3.55. The second-order valence-corrected chi connectivity index (χ2v) is 12.1. The van der Waals surface area contributed by atoms with Crippen LogP contribution in [0, 0.1) is 5.92 Å². The van der Waals surface area contributed by atoms with E-state index in [0.717, 1.165) is 74.7 Å². The van der Waals surface area contributed by atoms with Crippen molar-refractivity contribution < 1.29 is 4.74 Å². The van der Waals surface area contributed by atoms with E-state index in [-0.39, 0.29) is 0 Å². The van der Waals surface area contributed by atoms with Gasteiger partial charge in [-0.05, 0) is 75.7 Å². The average Bonchev–Trinajstić information content (AvgIpc) is 3.66. The molecule has 0 bridgehead atoms. The van der Waals surface area contributed by atoms with Gasteiger partial charge in [0.15, 0.2) is 17.0 Å². The van der Waals surface area contributed by atoms with E-state index in [1.54, 1.807) is 0 Å². The quantitative estimate of drug-likeness (QED) is 0.265. The number of piperidine rings is 1. The third kappa shape index (κ3) is 6.93. The molecule has 2 saturated carbocycles. The molecular formula is C31H46N8O. The smallest absolute Gasteiger partial charge is 0.227 e. The molecule has 0 unspecified atom stereocenters. The van der Waals surface area contributed by atoms with E-state index in [1.165, 1.54) is 50.5 Å². The van der Waals surface area contributed by atoms with Crippen molar-refractivity contribution in [2.75, 3.05) is 30.4 Å². The van der Waals surface area contributed by atoms with Crippen LogP contribution in [0.15, 0.2) is 36.7 Å². The van der Waals surface area contributed by atoms with E-state index in [4.69, 9.17) is 25.4 Å². The van der Waals surface area contributed by atoms with Crippen molar-refractivity contribution in [3.63, 3.8) is 0 Å². The Labute approximate surface area is 238 Å². The van der Waals surface area contributed by atoms with Gasteiger partial charge in [-0.2, -0.15) is 9.97 Å². The van der Waals surface area contributed by atoms with Gasteiger partial charge in [0.25, 0.3) is 0 Å². The molecule has 9 nitrogen and oxygen atoms in total. The fourth-order valence-corrected chi connectivity index (χ4v) is 6.68. The molecule has 40 heavy (non-hydrogen) atoms. The molecule has 0 radical (unpaired) electrons. The highest BCUT2D eigenvalue weighted by Crippen LogP contribution is 2.34. The number of nitrogens with two attached hydrogens (primary N) is 1. The number of fused-ring (bicyclic) bond motifs is 1. The van der Waals surface area contributed by atoms with Crippen molar-refractivity contribution >= 4 is 22.9 Å². The molecule has 3 aromatic rings. The monoisotopic (exact) mass is 546 g/mol. The van der Waals surface area contributed by atoms with E-state index in [0.29, 0.717) is 30.7 Å². The minimum absolute atomic E-state index is 0.326. The van der Waals surface area contributed by atoms with E-state index in [2.05, 4.69) is 44.6 Å². The van der Waals surface area contributed by atoms with Crippen molar-refractivity contribution in [2.24, 2.45) is 11.7 Å². The molecule has 1 saturated heterocycles. The Bertz CT molecular complexity index is 1190. The molecule has 0 spiro atoms. The number of anilines is 2. The van der Waals surface area contributed by atoms with Gasteiger partial charge in [-0.25, -0.2) is 9.99 Å². The number of nitrogens with zero attached hydrogens (tertiary/aromatic N) is 5. The molecule has 1 aliphatic heterocycles. The van der Waals surface area contributed by atoms with Gasteiger partial charge in [0.05, 0.1) is 12.9 Å². The highest BCUT2D eigenvalue weighted by molar-refractivity contribution is 5.84. The normalized spacial score (nSPS) is 23.1. The molecule has 216 valence electrons. The van der Waals surface area contributed by atoms with Crippen LogP contribution >= 0.6 is 0 Å². The van der Waals surface area contributed by atoms with Gasteiger partial charge < -0.3 is 25.8 Å². The highest BCUT2D eigenvalue weighted by Gasteiger charge is 2.25. The van der Waals surface area contributed by atoms with Crippen LogP contribution in [0.3, 0.4) is 0 Å². The van der Waals surface area contributed by atoms with Gasteiger partial charge in [0.1, 0.15) is 0 Å². The summed E-state index contributed by atoms with van der Waals surface area (Å²) in [5, 5.41) is 5.96. The van der Waals surface area contributed by atoms with E-state index in [1.807, 2.05) is 12.4 Å². The SMILES string of the molecule is N[C@H]1CC[C@H](Nc2nc(NN3CCC(CCCOCc4ccccc4)CC3)c3ncn(C4CCCC4)c3n2)CC1. The first-order chi connectivity index (χ1) is 19.7. The molecule has 1 aromatic carbocycles. The van der Waals surface area contributed by atoms with Gasteiger partial charge in [-0.15, -0.1) is 0 Å². The number of rotatable bonds is 11. The lowest BCUT2D eigenvalue weighted by Crippen LogP contribution is -2.38. The van der Waals surface area contributed by atoms with E-state index >= 15 is 0 Å². The van der Waals surface area contributed by atoms with Crippen molar-refractivity contribution in [2.45, 2.75) is 102 Å². The number of hydrazine groups is 1. The maximum Gasteiger partial charge on any atom is 0.227 e. The summed E-state index contributed by atoms with van der Waals surface area (Å²) < 4.78 is 8.20. The minimum atomic E-state index is 0.326. The van der Waals surface area contributed by atoms with Crippen LogP contribution in [-0.2, 0) is 11.3 Å². The molecule has 3 fully saturated rings. The van der Waals surface area contributed by atoms with Crippen molar-refractivity contribution in [3.8, 4) is 0 Å². The molecule has 0 amide bonds. The summed E-state index contributed by atoms with van der Waals surface area (Å²) >= 11 is 0. The second-order valence-electron chi connectivity index (χ2n) is 12.1. The van der Waals surface area contributed by atoms with Crippen LogP contribution in [-0.4, -0.2) is 56.3 Å². The third-order valence-electron chi connectivity index (χ3n) is 9.14. The Kier molecular flexibility index (Phi) is 9.10. The molecule has 3 aliphatic rings. The van der Waals surface area contributed by atoms with Crippen molar-refractivity contribution in [3.05, 3.63) is 42.2 Å². The van der Waals surface area contributed by atoms with Gasteiger partial charge in [0.2, 0.25) is 5.95 Å². The summed E-state index contributed by atoms with van der Waals surface area (Å²) in [6.07, 6.45) is 15.9. The van der Waals surface area contributed by atoms with Gasteiger partial charge in [0, 0.05) is 37.8 Å². The molecule has 9 heteroatoms. The molecule has 3 heterocycles. The zero-order valence-electron chi connectivity index (χ0n) is 23.8. The molecule has 0 atom stereocenters. The van der Waals surface area contributed by atoms with Crippen LogP contribution in [0.5, 0.6) is 0 Å². The predicted octanol–water partition coefficient (Wildman–Crippen LogP) is 5.66. The predicted molar refractivity (Wildman–Crippen MR) is 160 cm³/mol. The van der Waals surface area contributed by atoms with Crippen LogP contribution in [0.1, 0.15) is 88.7 Å². The number of nitrogens with one attached hydrogen (secondary N) is 2. The fourth-order valence-electron chi connectivity index (χ4n) is 6.68. The van der Waals surface area contributed by atoms with Crippen LogP contribution in [0.2, 0.25) is 0 Å². The van der Waals surface area contributed by atoms with Crippen molar-refractivity contribution in [1.82, 2.24) is 24.5 Å². The number of aromatic nitrogens is 4. The largest absolute Gasteiger partial charge is 0.377 e. The third-order valence-corrected chi connectivity index (χ3v) is 9.14. The molecule has 2 aliphatic carbocycles. The molecule has 4 N–H and O–H groups in total. The summed E-state index contributed by atoms with van der Waals surface area (Å²) in [7, 11) is 0. The first kappa shape index (κ1) is 27.4. The number of ether oxygens (including phenoxy) is 1.